The molecule has 394 valence electrons. The molecule has 2 aromatic rings. The van der Waals surface area contributed by atoms with Crippen LogP contribution >= 0.6 is 0 Å². The van der Waals surface area contributed by atoms with Crippen LogP contribution in [0.25, 0.3) is 0 Å². The number of hydrogen-bond donors (Lipinski definition) is 8. The number of phenolic OH excluding ortho intramolecular Hbond substituents is 2. The number of carboxylic acids is 1. The molecule has 5 rings (SSSR count). The Labute approximate surface area is 412 Å². The summed E-state index contributed by atoms with van der Waals surface area (Å²) in [5, 5.41) is 70.6. The Hall–Kier alpha value is -4.94. The van der Waals surface area contributed by atoms with Crippen molar-refractivity contribution in [2.45, 2.75) is 159 Å². The highest BCUT2D eigenvalue weighted by Crippen LogP contribution is 2.52. The summed E-state index contributed by atoms with van der Waals surface area (Å²) in [4.78, 5) is 64.2. The van der Waals surface area contributed by atoms with Crippen molar-refractivity contribution in [3.05, 3.63) is 51.6 Å². The molecule has 71 heavy (non-hydrogen) atoms. The smallest absolute Gasteiger partial charge is 0.303 e. The molecule has 9 atom stereocenters. The summed E-state index contributed by atoms with van der Waals surface area (Å²) in [5.41, 5.74) is 4.53. The summed E-state index contributed by atoms with van der Waals surface area (Å²) < 4.78 is 41.0. The van der Waals surface area contributed by atoms with Crippen molar-refractivity contribution in [1.29, 1.82) is 0 Å². The SMILES string of the molecule is CCC(CCCC(=O)NN=C(CO)C1(O)Cc2c(O)c3c(c(O)c2C(OC2CC(N)C(O)C(C)O2)C1)C(=O)c1c(OC)cccc1C3=O)OCC(CCCC(C)=O)OCC(CCCC(=O)O)OCCOC. The van der Waals surface area contributed by atoms with Gasteiger partial charge in [-0.15, -0.1) is 0 Å². The maximum absolute atomic E-state index is 14.1. The monoisotopic (exact) mass is 1000 g/mol. The molecule has 2 aliphatic carbocycles. The van der Waals surface area contributed by atoms with Gasteiger partial charge < -0.3 is 74.3 Å². The zero-order valence-corrected chi connectivity index (χ0v) is 41.2. The Bertz CT molecular complexity index is 2210. The Morgan fingerprint density at radius 2 is 1.56 bits per heavy atom. The quantitative estimate of drug-likeness (QED) is 0.0214. The third-order valence-corrected chi connectivity index (χ3v) is 13.2. The number of nitrogens with two attached hydrogens (primary N) is 1. The number of benzene rings is 2. The second-order valence-corrected chi connectivity index (χ2v) is 18.4. The third-order valence-electron chi connectivity index (χ3n) is 13.2. The first-order valence-electron chi connectivity index (χ1n) is 24.2. The zero-order chi connectivity index (χ0) is 52.0. The Morgan fingerprint density at radius 3 is 2.20 bits per heavy atom. The fourth-order valence-corrected chi connectivity index (χ4v) is 9.25. The van der Waals surface area contributed by atoms with Crippen molar-refractivity contribution in [3.8, 4) is 17.2 Å². The molecule has 0 saturated carbocycles. The lowest BCUT2D eigenvalue weighted by Gasteiger charge is -2.43. The van der Waals surface area contributed by atoms with E-state index >= 15 is 0 Å². The minimum absolute atomic E-state index is 0.00532. The van der Waals surface area contributed by atoms with E-state index in [0.29, 0.717) is 64.6 Å². The number of nitrogens with zero attached hydrogens (tertiary/aromatic N) is 1. The van der Waals surface area contributed by atoms with Gasteiger partial charge in [0.15, 0.2) is 12.1 Å². The number of Topliss-reactive ketones (excluding diaryl/α,β-unsaturated/α-hetero) is 1. The number of methoxy groups -OCH3 is 2. The van der Waals surface area contributed by atoms with E-state index < -0.39 is 108 Å². The molecule has 9 N–H and O–H groups in total. The first-order valence-corrected chi connectivity index (χ1v) is 24.2. The fraction of sp³-hybridized carbons (Fsp3) is 0.640. The van der Waals surface area contributed by atoms with Crippen molar-refractivity contribution >= 4 is 34.9 Å². The maximum Gasteiger partial charge on any atom is 0.303 e. The predicted octanol–water partition coefficient (Wildman–Crippen LogP) is 3.30. The molecular weight excluding hydrogens is 931 g/mol. The van der Waals surface area contributed by atoms with E-state index in [1.807, 2.05) is 6.92 Å². The molecule has 2 aromatic carbocycles. The number of nitrogens with one attached hydrogen (secondary N) is 1. The lowest BCUT2D eigenvalue weighted by atomic mass is 9.71. The number of fused-ring (bicyclic) bond motifs is 3. The lowest BCUT2D eigenvalue weighted by Crippen LogP contribution is -2.53. The van der Waals surface area contributed by atoms with Gasteiger partial charge in [0, 0.05) is 68.4 Å². The number of hydrazone groups is 1. The van der Waals surface area contributed by atoms with E-state index in [4.69, 9.17) is 44.0 Å². The van der Waals surface area contributed by atoms with Crippen LogP contribution < -0.4 is 15.9 Å². The number of aliphatic hydroxyl groups excluding tert-OH is 2. The molecule has 0 spiro atoms. The summed E-state index contributed by atoms with van der Waals surface area (Å²) in [6.07, 6.45) is -2.72. The van der Waals surface area contributed by atoms with E-state index in [1.54, 1.807) is 14.0 Å². The van der Waals surface area contributed by atoms with E-state index in [1.165, 1.54) is 32.2 Å². The van der Waals surface area contributed by atoms with E-state index in [0.717, 1.165) is 0 Å². The highest BCUT2D eigenvalue weighted by Gasteiger charge is 2.49. The number of amides is 1. The van der Waals surface area contributed by atoms with E-state index in [9.17, 15) is 49.5 Å². The van der Waals surface area contributed by atoms with Gasteiger partial charge in [-0.25, -0.2) is 5.43 Å². The van der Waals surface area contributed by atoms with Crippen molar-refractivity contribution < 1.29 is 87.8 Å². The van der Waals surface area contributed by atoms with Crippen molar-refractivity contribution in [2.75, 3.05) is 47.3 Å². The summed E-state index contributed by atoms with van der Waals surface area (Å²) in [7, 11) is 2.87. The van der Waals surface area contributed by atoms with Crippen LogP contribution in [0.15, 0.2) is 23.3 Å². The van der Waals surface area contributed by atoms with Crippen LogP contribution in [0, 0.1) is 0 Å². The molecule has 21 nitrogen and oxygen atoms in total. The van der Waals surface area contributed by atoms with Gasteiger partial charge in [-0.2, -0.15) is 5.10 Å². The van der Waals surface area contributed by atoms with Gasteiger partial charge in [-0.1, -0.05) is 19.1 Å². The predicted molar refractivity (Wildman–Crippen MR) is 254 cm³/mol. The highest BCUT2D eigenvalue weighted by atomic mass is 16.7. The van der Waals surface area contributed by atoms with E-state index in [2.05, 4.69) is 10.5 Å². The summed E-state index contributed by atoms with van der Waals surface area (Å²) in [6, 6.07) is 3.56. The molecular formula is C50H71N3O18. The molecule has 9 unspecified atom stereocenters. The van der Waals surface area contributed by atoms with Crippen molar-refractivity contribution in [2.24, 2.45) is 10.8 Å². The second-order valence-electron chi connectivity index (χ2n) is 18.4. The average molecular weight is 1000 g/mol. The summed E-state index contributed by atoms with van der Waals surface area (Å²) in [5.74, 6) is -4.35. The highest BCUT2D eigenvalue weighted by molar-refractivity contribution is 6.31. The molecule has 0 radical (unpaired) electrons. The summed E-state index contributed by atoms with van der Waals surface area (Å²) in [6.45, 7) is 5.20. The number of carbonyl (C=O) groups excluding carboxylic acids is 4. The minimum atomic E-state index is -2.19. The number of aliphatic carboxylic acids is 1. The number of carbonyl (C=O) groups is 5. The molecule has 0 aromatic heterocycles. The van der Waals surface area contributed by atoms with Crippen molar-refractivity contribution in [1.82, 2.24) is 5.43 Å². The van der Waals surface area contributed by atoms with Gasteiger partial charge in [0.05, 0.1) is 99.2 Å². The Balaban J connectivity index is 1.29. The topological polar surface area (TPSA) is 322 Å². The number of phenols is 2. The first kappa shape index (κ1) is 57.0. The van der Waals surface area contributed by atoms with Gasteiger partial charge in [-0.3, -0.25) is 19.2 Å². The maximum atomic E-state index is 14.1. The van der Waals surface area contributed by atoms with Crippen LogP contribution in [0.4, 0.5) is 0 Å². The van der Waals surface area contributed by atoms with Crippen LogP contribution in [0.5, 0.6) is 17.2 Å². The fourth-order valence-electron chi connectivity index (χ4n) is 9.25. The normalized spacial score (nSPS) is 23.3. The standard InChI is InChI=1S/C50H71N3O18/c1-6-29(68-26-31(13-7-11-27(2)55)69-25-30(67-20-19-65-4)14-9-18-39(57)58)12-8-17-38(56)53-52-37(24-54)50(64)22-33-42(36(23-50)71-40-21-34(51)45(59)28(3)70-40)49(63)44-43(47(33)61)46(60)32-15-10-16-35(66-5)41(32)48(44)62/h10,15-16,28-31,34,36,40,45,54,59,61,63-64H,6-9,11-14,17-26,51H2,1-5H3,(H,53,56)(H,57,58). The number of aliphatic hydroxyl groups is 3. The van der Waals surface area contributed by atoms with Crippen molar-refractivity contribution in [3.63, 3.8) is 0 Å². The Morgan fingerprint density at radius 1 is 0.915 bits per heavy atom. The number of carboxylic acid groups (broad SMARTS) is 1. The van der Waals surface area contributed by atoms with Gasteiger partial charge in [0.1, 0.15) is 28.6 Å². The second kappa shape index (κ2) is 26.7. The van der Waals surface area contributed by atoms with Gasteiger partial charge in [-0.05, 0) is 64.9 Å². The minimum Gasteiger partial charge on any atom is -0.507 e. The van der Waals surface area contributed by atoms with Gasteiger partial charge in [0.2, 0.25) is 11.7 Å². The molecule has 1 amide bonds. The van der Waals surface area contributed by atoms with Gasteiger partial charge in [0.25, 0.3) is 0 Å². The number of rotatable bonds is 29. The zero-order valence-electron chi connectivity index (χ0n) is 41.2. The molecule has 21 heteroatoms. The largest absolute Gasteiger partial charge is 0.507 e. The number of ether oxygens (including phenoxy) is 7. The van der Waals surface area contributed by atoms with E-state index in [-0.39, 0.29) is 84.2 Å². The molecule has 1 saturated heterocycles. The van der Waals surface area contributed by atoms with Crippen LogP contribution in [0.2, 0.25) is 0 Å². The number of aromatic hydroxyl groups is 2. The van der Waals surface area contributed by atoms with Crippen LogP contribution in [0.1, 0.15) is 147 Å². The molecule has 1 heterocycles. The van der Waals surface area contributed by atoms with Crippen LogP contribution in [-0.2, 0) is 49.2 Å². The molecule has 0 bridgehead atoms. The molecule has 1 aliphatic heterocycles. The van der Waals surface area contributed by atoms with Crippen LogP contribution in [0.3, 0.4) is 0 Å². The Kier molecular flexibility index (Phi) is 21.4. The average Bonchev–Trinajstić information content (AvgIpc) is 3.32. The van der Waals surface area contributed by atoms with Crippen LogP contribution in [-0.4, -0.2) is 161 Å². The third kappa shape index (κ3) is 14.6. The molecule has 1 fully saturated rings. The number of ketones is 3. The first-order chi connectivity index (χ1) is 33.9. The van der Waals surface area contributed by atoms with Gasteiger partial charge >= 0.3 is 5.97 Å². The summed E-state index contributed by atoms with van der Waals surface area (Å²) >= 11 is 0. The lowest BCUT2D eigenvalue weighted by molar-refractivity contribution is -0.245. The molecule has 3 aliphatic rings. The number of hydrogen-bond acceptors (Lipinski definition) is 19.